The van der Waals surface area contributed by atoms with Crippen LogP contribution in [-0.2, 0) is 0 Å². The number of nitrogens with two attached hydrogens (primary N) is 1. The molecule has 82 valence electrons. The van der Waals surface area contributed by atoms with Gasteiger partial charge < -0.3 is 15.8 Å². The maximum Gasteiger partial charge on any atom is 0.140 e. The van der Waals surface area contributed by atoms with Crippen LogP contribution in [0.25, 0.3) is 0 Å². The Bertz CT molecular complexity index is 351. The van der Waals surface area contributed by atoms with Crippen LogP contribution in [0.1, 0.15) is 12.0 Å². The van der Waals surface area contributed by atoms with E-state index in [2.05, 4.69) is 10.1 Å². The molecule has 0 fully saturated rings. The first-order chi connectivity index (χ1) is 7.15. The molecule has 0 aliphatic heterocycles. The van der Waals surface area contributed by atoms with Gasteiger partial charge in [0.05, 0.1) is 0 Å². The second-order valence-electron chi connectivity index (χ2n) is 3.41. The van der Waals surface area contributed by atoms with Crippen LogP contribution in [0.15, 0.2) is 23.5 Å². The molecule has 5 heteroatoms. The zero-order valence-corrected chi connectivity index (χ0v) is 9.01. The summed E-state index contributed by atoms with van der Waals surface area (Å²) in [7, 11) is 1.93. The molecule has 0 radical (unpaired) electrons. The molecule has 1 aromatic rings. The Kier molecular flexibility index (Phi) is 3.91. The van der Waals surface area contributed by atoms with Crippen molar-refractivity contribution in [2.75, 3.05) is 18.5 Å². The molecular formula is C10H16N4O. The fourth-order valence-corrected chi connectivity index (χ4v) is 1.32. The predicted molar refractivity (Wildman–Crippen MR) is 60.3 cm³/mol. The molecule has 0 saturated heterocycles. The largest absolute Gasteiger partial charge is 0.409 e. The van der Waals surface area contributed by atoms with Gasteiger partial charge in [0, 0.05) is 26.2 Å². The first-order valence-electron chi connectivity index (χ1n) is 4.74. The van der Waals surface area contributed by atoms with Crippen molar-refractivity contribution < 1.29 is 5.21 Å². The smallest absolute Gasteiger partial charge is 0.140 e. The van der Waals surface area contributed by atoms with Crippen molar-refractivity contribution >= 4 is 11.7 Å². The van der Waals surface area contributed by atoms with Crippen LogP contribution in [0.4, 0.5) is 5.82 Å². The molecule has 1 rings (SSSR count). The number of hydrogen-bond donors (Lipinski definition) is 2. The topological polar surface area (TPSA) is 74.7 Å². The Morgan fingerprint density at radius 2 is 2.40 bits per heavy atom. The lowest BCUT2D eigenvalue weighted by molar-refractivity contribution is 0.317. The number of nitrogens with zero attached hydrogens (tertiary/aromatic N) is 3. The number of pyridine rings is 1. The van der Waals surface area contributed by atoms with Gasteiger partial charge >= 0.3 is 0 Å². The maximum atomic E-state index is 8.40. The van der Waals surface area contributed by atoms with Crippen molar-refractivity contribution in [1.82, 2.24) is 4.98 Å². The molecule has 0 aliphatic rings. The summed E-state index contributed by atoms with van der Waals surface area (Å²) < 4.78 is 0. The fraction of sp³-hybridized carbons (Fsp3) is 0.400. The van der Waals surface area contributed by atoms with E-state index in [0.29, 0.717) is 13.0 Å². The predicted octanol–water partition coefficient (Wildman–Crippen LogP) is 0.963. The minimum atomic E-state index is 0.232. The van der Waals surface area contributed by atoms with E-state index in [1.807, 2.05) is 31.0 Å². The SMILES string of the molecule is Cc1cccnc1N(C)CCC(N)=NO. The standard InChI is InChI=1S/C10H16N4O/c1-8-4-3-6-12-10(8)14(2)7-5-9(11)13-15/h3-4,6,15H,5,7H2,1-2H3,(H2,11,13). The highest BCUT2D eigenvalue weighted by Gasteiger charge is 2.05. The molecule has 0 aliphatic carbocycles. The van der Waals surface area contributed by atoms with Crippen LogP contribution in [-0.4, -0.2) is 29.6 Å². The number of oxime groups is 1. The number of aromatic nitrogens is 1. The van der Waals surface area contributed by atoms with Crippen LogP contribution >= 0.6 is 0 Å². The average molecular weight is 208 g/mol. The van der Waals surface area contributed by atoms with E-state index in [1.54, 1.807) is 6.20 Å². The van der Waals surface area contributed by atoms with Crippen LogP contribution in [0.3, 0.4) is 0 Å². The van der Waals surface area contributed by atoms with E-state index in [-0.39, 0.29) is 5.84 Å². The first-order valence-corrected chi connectivity index (χ1v) is 4.74. The third kappa shape index (κ3) is 3.12. The summed E-state index contributed by atoms with van der Waals surface area (Å²) in [5.74, 6) is 1.15. The van der Waals surface area contributed by atoms with E-state index in [4.69, 9.17) is 10.9 Å². The summed E-state index contributed by atoms with van der Waals surface area (Å²) in [4.78, 5) is 6.24. The molecule has 15 heavy (non-hydrogen) atoms. The summed E-state index contributed by atoms with van der Waals surface area (Å²) in [6.07, 6.45) is 2.27. The number of aryl methyl sites for hydroxylation is 1. The van der Waals surface area contributed by atoms with Crippen molar-refractivity contribution in [3.8, 4) is 0 Å². The molecule has 0 spiro atoms. The summed E-state index contributed by atoms with van der Waals surface area (Å²) in [6, 6.07) is 3.90. The summed E-state index contributed by atoms with van der Waals surface area (Å²) >= 11 is 0. The average Bonchev–Trinajstić information content (AvgIpc) is 2.26. The zero-order valence-electron chi connectivity index (χ0n) is 9.01. The Labute approximate surface area is 89.2 Å². The van der Waals surface area contributed by atoms with Gasteiger partial charge in [-0.25, -0.2) is 4.98 Å². The molecule has 1 aromatic heterocycles. The second kappa shape index (κ2) is 5.19. The van der Waals surface area contributed by atoms with Gasteiger partial charge in [0.15, 0.2) is 0 Å². The summed E-state index contributed by atoms with van der Waals surface area (Å²) in [5, 5.41) is 11.3. The minimum absolute atomic E-state index is 0.232. The quantitative estimate of drug-likeness (QED) is 0.334. The monoisotopic (exact) mass is 208 g/mol. The van der Waals surface area contributed by atoms with Gasteiger partial charge in [0.2, 0.25) is 0 Å². The third-order valence-corrected chi connectivity index (χ3v) is 2.18. The summed E-state index contributed by atoms with van der Waals surface area (Å²) in [6.45, 7) is 2.68. The molecule has 5 nitrogen and oxygen atoms in total. The van der Waals surface area contributed by atoms with E-state index < -0.39 is 0 Å². The van der Waals surface area contributed by atoms with E-state index >= 15 is 0 Å². The van der Waals surface area contributed by atoms with Crippen LogP contribution in [0.2, 0.25) is 0 Å². The van der Waals surface area contributed by atoms with E-state index in [1.165, 1.54) is 0 Å². The summed E-state index contributed by atoms with van der Waals surface area (Å²) in [5.41, 5.74) is 6.50. The van der Waals surface area contributed by atoms with Crippen molar-refractivity contribution in [3.05, 3.63) is 23.9 Å². The van der Waals surface area contributed by atoms with Crippen LogP contribution in [0.5, 0.6) is 0 Å². The molecule has 0 aromatic carbocycles. The lowest BCUT2D eigenvalue weighted by atomic mass is 10.2. The molecule has 0 bridgehead atoms. The zero-order chi connectivity index (χ0) is 11.3. The van der Waals surface area contributed by atoms with Gasteiger partial charge in [0.1, 0.15) is 11.7 Å². The number of rotatable bonds is 4. The number of amidine groups is 1. The second-order valence-corrected chi connectivity index (χ2v) is 3.41. The normalized spacial score (nSPS) is 11.5. The Balaban J connectivity index is 2.61. The highest BCUT2D eigenvalue weighted by Crippen LogP contribution is 2.13. The minimum Gasteiger partial charge on any atom is -0.409 e. The van der Waals surface area contributed by atoms with Crippen molar-refractivity contribution in [3.63, 3.8) is 0 Å². The Morgan fingerprint density at radius 3 is 3.00 bits per heavy atom. The highest BCUT2D eigenvalue weighted by atomic mass is 16.4. The lowest BCUT2D eigenvalue weighted by Crippen LogP contribution is -2.25. The first kappa shape index (κ1) is 11.3. The number of anilines is 1. The molecular weight excluding hydrogens is 192 g/mol. The van der Waals surface area contributed by atoms with Crippen molar-refractivity contribution in [1.29, 1.82) is 0 Å². The van der Waals surface area contributed by atoms with Gasteiger partial charge in [-0.3, -0.25) is 0 Å². The molecule has 0 saturated carbocycles. The molecule has 0 amide bonds. The third-order valence-electron chi connectivity index (χ3n) is 2.18. The Morgan fingerprint density at radius 1 is 1.67 bits per heavy atom. The van der Waals surface area contributed by atoms with Crippen LogP contribution < -0.4 is 10.6 Å². The molecule has 1 heterocycles. The van der Waals surface area contributed by atoms with Gasteiger partial charge in [-0.15, -0.1) is 0 Å². The lowest BCUT2D eigenvalue weighted by Gasteiger charge is -2.19. The molecule has 0 unspecified atom stereocenters. The maximum absolute atomic E-state index is 8.40. The van der Waals surface area contributed by atoms with Gasteiger partial charge in [0.25, 0.3) is 0 Å². The van der Waals surface area contributed by atoms with Crippen molar-refractivity contribution in [2.24, 2.45) is 10.9 Å². The fourth-order valence-electron chi connectivity index (χ4n) is 1.32. The van der Waals surface area contributed by atoms with Crippen molar-refractivity contribution in [2.45, 2.75) is 13.3 Å². The van der Waals surface area contributed by atoms with Crippen LogP contribution in [0, 0.1) is 6.92 Å². The Hall–Kier alpha value is -1.78. The number of hydrogen-bond acceptors (Lipinski definition) is 4. The van der Waals surface area contributed by atoms with Gasteiger partial charge in [-0.2, -0.15) is 0 Å². The molecule has 0 atom stereocenters. The van der Waals surface area contributed by atoms with E-state index in [9.17, 15) is 0 Å². The highest BCUT2D eigenvalue weighted by molar-refractivity contribution is 5.80. The van der Waals surface area contributed by atoms with Gasteiger partial charge in [-0.05, 0) is 18.6 Å². The molecule has 3 N–H and O–H groups in total. The van der Waals surface area contributed by atoms with Gasteiger partial charge in [-0.1, -0.05) is 11.2 Å². The van der Waals surface area contributed by atoms with E-state index in [0.717, 1.165) is 11.4 Å².